The summed E-state index contributed by atoms with van der Waals surface area (Å²) in [7, 11) is 0. The summed E-state index contributed by atoms with van der Waals surface area (Å²) in [5.74, 6) is -0.150. The van der Waals surface area contributed by atoms with Gasteiger partial charge in [-0.1, -0.05) is 68.3 Å². The first-order valence-electron chi connectivity index (χ1n) is 13.5. The molecule has 0 unspecified atom stereocenters. The van der Waals surface area contributed by atoms with Gasteiger partial charge in [-0.25, -0.2) is 4.79 Å². The van der Waals surface area contributed by atoms with Crippen LogP contribution < -0.4 is 10.2 Å². The fourth-order valence-electron chi connectivity index (χ4n) is 5.13. The number of nitrogens with one attached hydrogen (secondary N) is 1. The minimum absolute atomic E-state index is 0.0432. The number of hydrogen-bond acceptors (Lipinski definition) is 2. The number of carbonyl (C=O) groups is 2. The molecule has 7 heteroatoms. The molecule has 200 valence electrons. The number of nitrogens with zero attached hydrogens (tertiary/aromatic N) is 3. The summed E-state index contributed by atoms with van der Waals surface area (Å²) >= 11 is 6.21. The Bertz CT molecular complexity index is 1460. The molecule has 1 N–H and O–H groups in total. The smallest absolute Gasteiger partial charge is 0.316 e. The van der Waals surface area contributed by atoms with Gasteiger partial charge in [-0.3, -0.25) is 9.69 Å². The molecule has 3 amide bonds. The zero-order valence-electron chi connectivity index (χ0n) is 22.3. The van der Waals surface area contributed by atoms with E-state index in [4.69, 9.17) is 11.6 Å². The quantitative estimate of drug-likeness (QED) is 0.252. The van der Waals surface area contributed by atoms with Gasteiger partial charge in [0.1, 0.15) is 12.6 Å². The van der Waals surface area contributed by atoms with Gasteiger partial charge >= 0.3 is 6.03 Å². The highest BCUT2D eigenvalue weighted by molar-refractivity contribution is 6.30. The van der Waals surface area contributed by atoms with Crippen molar-refractivity contribution in [3.8, 4) is 5.69 Å². The van der Waals surface area contributed by atoms with E-state index in [1.165, 1.54) is 0 Å². The third-order valence-electron chi connectivity index (χ3n) is 7.16. The van der Waals surface area contributed by atoms with Crippen LogP contribution in [0, 0.1) is 0 Å². The topological polar surface area (TPSA) is 57.6 Å². The van der Waals surface area contributed by atoms with Crippen LogP contribution in [0.3, 0.4) is 0 Å². The fraction of sp³-hybridized carbons (Fsp3) is 0.250. The Labute approximate surface area is 234 Å². The van der Waals surface area contributed by atoms with Gasteiger partial charge in [0.15, 0.2) is 0 Å². The molecule has 1 aromatic heterocycles. The third-order valence-corrected chi connectivity index (χ3v) is 7.41. The standard InChI is InChI=1S/C32H33ClN4O2/c1-3-5-19-35(32(39)34-26-11-8-10-23(4-2)21-26)22-30(38)37-28-13-7-6-12-27(28)36-20-9-14-29(36)31(37)24-15-17-25(33)18-16-24/h6-18,20-21,31H,3-5,19,22H2,1-2H3,(H,34,39)/t31-/m1/s1. The number of rotatable bonds is 8. The van der Waals surface area contributed by atoms with Crippen LogP contribution in [-0.2, 0) is 11.2 Å². The minimum atomic E-state index is -0.364. The van der Waals surface area contributed by atoms with Crippen molar-refractivity contribution >= 4 is 34.9 Å². The first-order valence-corrected chi connectivity index (χ1v) is 13.9. The lowest BCUT2D eigenvalue weighted by Gasteiger charge is -2.39. The average molecular weight is 541 g/mol. The number of unbranched alkanes of at least 4 members (excludes halogenated alkanes) is 1. The van der Waals surface area contributed by atoms with Crippen LogP contribution in [0.5, 0.6) is 0 Å². The largest absolute Gasteiger partial charge is 0.322 e. The van der Waals surface area contributed by atoms with Crippen LogP contribution in [0.2, 0.25) is 5.02 Å². The highest BCUT2D eigenvalue weighted by Gasteiger charge is 2.37. The first-order chi connectivity index (χ1) is 19.0. The highest BCUT2D eigenvalue weighted by Crippen LogP contribution is 2.42. The molecule has 1 aliphatic heterocycles. The zero-order chi connectivity index (χ0) is 27.4. The average Bonchev–Trinajstić information content (AvgIpc) is 3.45. The van der Waals surface area contributed by atoms with Gasteiger partial charge in [-0.15, -0.1) is 0 Å². The van der Waals surface area contributed by atoms with E-state index in [1.54, 1.807) is 4.90 Å². The number of amides is 3. The molecule has 0 saturated carbocycles. The summed E-state index contributed by atoms with van der Waals surface area (Å²) in [6.07, 6.45) is 4.61. The number of halogens is 1. The monoisotopic (exact) mass is 540 g/mol. The van der Waals surface area contributed by atoms with Crippen LogP contribution in [0.25, 0.3) is 5.69 Å². The molecule has 39 heavy (non-hydrogen) atoms. The van der Waals surface area contributed by atoms with Crippen molar-refractivity contribution in [3.05, 3.63) is 113 Å². The van der Waals surface area contributed by atoms with E-state index in [0.29, 0.717) is 11.6 Å². The molecule has 5 rings (SSSR count). The predicted molar refractivity (Wildman–Crippen MR) is 158 cm³/mol. The van der Waals surface area contributed by atoms with Gasteiger partial charge in [-0.2, -0.15) is 0 Å². The van der Waals surface area contributed by atoms with Crippen LogP contribution in [0.4, 0.5) is 16.2 Å². The van der Waals surface area contributed by atoms with Crippen LogP contribution in [0.1, 0.15) is 49.6 Å². The van der Waals surface area contributed by atoms with Crippen molar-refractivity contribution in [2.75, 3.05) is 23.3 Å². The molecule has 1 aliphatic rings. The molecule has 4 aromatic rings. The lowest BCUT2D eigenvalue weighted by Crippen LogP contribution is -2.48. The Kier molecular flexibility index (Phi) is 8.03. The van der Waals surface area contributed by atoms with Gasteiger partial charge in [-0.05, 0) is 72.5 Å². The maximum Gasteiger partial charge on any atom is 0.322 e. The van der Waals surface area contributed by atoms with Gasteiger partial charge in [0.2, 0.25) is 5.91 Å². The Morgan fingerprint density at radius 1 is 0.923 bits per heavy atom. The molecule has 0 saturated heterocycles. The molecular weight excluding hydrogens is 508 g/mol. The van der Waals surface area contributed by atoms with Crippen LogP contribution in [-0.4, -0.2) is 34.5 Å². The van der Waals surface area contributed by atoms with Crippen molar-refractivity contribution < 1.29 is 9.59 Å². The molecule has 0 bridgehead atoms. The number of hydrogen-bond donors (Lipinski definition) is 1. The Hall–Kier alpha value is -4.03. The molecule has 0 fully saturated rings. The van der Waals surface area contributed by atoms with Crippen molar-refractivity contribution in [1.29, 1.82) is 0 Å². The Morgan fingerprint density at radius 2 is 1.69 bits per heavy atom. The Morgan fingerprint density at radius 3 is 2.44 bits per heavy atom. The molecule has 6 nitrogen and oxygen atoms in total. The second kappa shape index (κ2) is 11.8. The summed E-state index contributed by atoms with van der Waals surface area (Å²) in [6, 6.07) is 26.7. The maximum atomic E-state index is 14.2. The summed E-state index contributed by atoms with van der Waals surface area (Å²) < 4.78 is 2.13. The number of carbonyl (C=O) groups excluding carboxylic acids is 2. The molecule has 0 aliphatic carbocycles. The van der Waals surface area contributed by atoms with E-state index in [2.05, 4.69) is 23.7 Å². The summed E-state index contributed by atoms with van der Waals surface area (Å²) in [5.41, 5.74) is 5.53. The van der Waals surface area contributed by atoms with E-state index in [0.717, 1.165) is 53.1 Å². The van der Waals surface area contributed by atoms with E-state index >= 15 is 0 Å². The van der Waals surface area contributed by atoms with Gasteiger partial charge < -0.3 is 14.8 Å². The van der Waals surface area contributed by atoms with Crippen molar-refractivity contribution in [1.82, 2.24) is 9.47 Å². The number of benzene rings is 3. The number of urea groups is 1. The van der Waals surface area contributed by atoms with E-state index in [-0.39, 0.29) is 24.5 Å². The van der Waals surface area contributed by atoms with E-state index in [1.807, 2.05) is 96.0 Å². The van der Waals surface area contributed by atoms with Crippen LogP contribution >= 0.6 is 11.6 Å². The first kappa shape index (κ1) is 26.6. The second-order valence-corrected chi connectivity index (χ2v) is 10.2. The fourth-order valence-corrected chi connectivity index (χ4v) is 5.26. The lowest BCUT2D eigenvalue weighted by molar-refractivity contribution is -0.119. The number of fused-ring (bicyclic) bond motifs is 3. The number of aryl methyl sites for hydroxylation is 1. The predicted octanol–water partition coefficient (Wildman–Crippen LogP) is 7.46. The number of para-hydroxylation sites is 2. The summed E-state index contributed by atoms with van der Waals surface area (Å²) in [6.45, 7) is 4.60. The summed E-state index contributed by atoms with van der Waals surface area (Å²) in [4.78, 5) is 31.2. The molecule has 2 heterocycles. The van der Waals surface area contributed by atoms with Gasteiger partial charge in [0, 0.05) is 23.5 Å². The normalized spacial score (nSPS) is 13.9. The van der Waals surface area contributed by atoms with E-state index < -0.39 is 0 Å². The van der Waals surface area contributed by atoms with Crippen molar-refractivity contribution in [3.63, 3.8) is 0 Å². The third kappa shape index (κ3) is 5.57. The van der Waals surface area contributed by atoms with E-state index in [9.17, 15) is 9.59 Å². The molecule has 1 atom stereocenters. The SMILES string of the molecule is CCCCN(CC(=O)N1c2ccccc2-n2cccc2[C@H]1c1ccc(Cl)cc1)C(=O)Nc1cccc(CC)c1. The van der Waals surface area contributed by atoms with Gasteiger partial charge in [0.05, 0.1) is 17.1 Å². The molecular formula is C32H33ClN4O2. The lowest BCUT2D eigenvalue weighted by atomic mass is 9.97. The van der Waals surface area contributed by atoms with Crippen LogP contribution in [0.15, 0.2) is 91.1 Å². The van der Waals surface area contributed by atoms with Gasteiger partial charge in [0.25, 0.3) is 0 Å². The molecule has 3 aromatic carbocycles. The van der Waals surface area contributed by atoms with Crippen molar-refractivity contribution in [2.45, 2.75) is 39.2 Å². The zero-order valence-corrected chi connectivity index (χ0v) is 23.1. The molecule has 0 spiro atoms. The maximum absolute atomic E-state index is 14.2. The van der Waals surface area contributed by atoms with Crippen molar-refractivity contribution in [2.24, 2.45) is 0 Å². The number of anilines is 2. The minimum Gasteiger partial charge on any atom is -0.316 e. The number of aromatic nitrogens is 1. The Balaban J connectivity index is 1.49. The highest BCUT2D eigenvalue weighted by atomic mass is 35.5. The second-order valence-electron chi connectivity index (χ2n) is 9.77. The molecule has 0 radical (unpaired) electrons. The summed E-state index contributed by atoms with van der Waals surface area (Å²) in [5, 5.41) is 3.65.